The highest BCUT2D eigenvalue weighted by Gasteiger charge is 2.15. The molecule has 1 amide bonds. The number of aliphatic hydroxyl groups excluding tert-OH is 2. The van der Waals surface area contributed by atoms with Crippen LogP contribution in [0.2, 0.25) is 0 Å². The van der Waals surface area contributed by atoms with E-state index < -0.39 is 18.0 Å². The number of carbonyl (C=O) groups excluding carboxylic acids is 1. The lowest BCUT2D eigenvalue weighted by Gasteiger charge is -2.09. The number of carboxylic acid groups (broad SMARTS) is 1. The molecule has 0 spiro atoms. The van der Waals surface area contributed by atoms with Crippen LogP contribution in [0.3, 0.4) is 0 Å². The molecule has 9 heteroatoms. The van der Waals surface area contributed by atoms with Crippen molar-refractivity contribution >= 4 is 33.5 Å². The molecule has 1 atom stereocenters. The number of carbonyl (C=O) groups is 2. The van der Waals surface area contributed by atoms with Gasteiger partial charge in [0, 0.05) is 10.7 Å². The summed E-state index contributed by atoms with van der Waals surface area (Å²) in [7, 11) is 0. The van der Waals surface area contributed by atoms with Crippen LogP contribution in [0.4, 0.5) is 5.69 Å². The van der Waals surface area contributed by atoms with Crippen molar-refractivity contribution in [1.82, 2.24) is 9.97 Å². The van der Waals surface area contributed by atoms with Crippen LogP contribution in [0, 0.1) is 0 Å². The van der Waals surface area contributed by atoms with E-state index in [2.05, 4.69) is 31.2 Å². The van der Waals surface area contributed by atoms with Crippen molar-refractivity contribution in [3.8, 4) is 0 Å². The second-order valence-electron chi connectivity index (χ2n) is 5.22. The third-order valence-electron chi connectivity index (χ3n) is 3.34. The quantitative estimate of drug-likeness (QED) is 0.544. The number of amides is 1. The van der Waals surface area contributed by atoms with E-state index in [4.69, 9.17) is 5.11 Å². The molecule has 0 aliphatic heterocycles. The summed E-state index contributed by atoms with van der Waals surface area (Å²) in [5.41, 5.74) is 0.701. The highest BCUT2D eigenvalue weighted by Crippen LogP contribution is 2.21. The van der Waals surface area contributed by atoms with Gasteiger partial charge in [0.1, 0.15) is 5.69 Å². The Hall–Kier alpha value is -2.36. The van der Waals surface area contributed by atoms with Crippen LogP contribution >= 0.6 is 15.9 Å². The van der Waals surface area contributed by atoms with Gasteiger partial charge in [-0.1, -0.05) is 15.9 Å². The van der Waals surface area contributed by atoms with Crippen LogP contribution in [-0.2, 0) is 6.42 Å². The average molecular weight is 410 g/mol. The molecule has 1 aromatic heterocycles. The minimum absolute atomic E-state index is 0.0331. The number of rotatable bonds is 7. The predicted molar refractivity (Wildman–Crippen MR) is 92.5 cm³/mol. The van der Waals surface area contributed by atoms with Crippen molar-refractivity contribution in [3.05, 3.63) is 52.0 Å². The molecule has 0 aliphatic rings. The fraction of sp³-hybridized carbons (Fsp3) is 0.250. The van der Waals surface area contributed by atoms with Gasteiger partial charge in [0.05, 0.1) is 35.9 Å². The number of halogens is 1. The molecule has 0 radical (unpaired) electrons. The first-order valence-electron chi connectivity index (χ1n) is 7.34. The fourth-order valence-electron chi connectivity index (χ4n) is 2.00. The Morgan fingerprint density at radius 1 is 1.24 bits per heavy atom. The Morgan fingerprint density at radius 2 is 2.00 bits per heavy atom. The molecule has 132 valence electrons. The number of aliphatic hydroxyl groups is 2. The molecule has 2 aromatic rings. The summed E-state index contributed by atoms with van der Waals surface area (Å²) in [6, 6.07) is 4.48. The summed E-state index contributed by atoms with van der Waals surface area (Å²) in [6.07, 6.45) is 2.59. The van der Waals surface area contributed by atoms with Crippen molar-refractivity contribution in [2.24, 2.45) is 0 Å². The van der Waals surface area contributed by atoms with Gasteiger partial charge in [0.15, 0.2) is 0 Å². The summed E-state index contributed by atoms with van der Waals surface area (Å²) in [5.74, 6) is -1.75. The number of anilines is 1. The predicted octanol–water partition coefficient (Wildman–Crippen LogP) is 1.48. The van der Waals surface area contributed by atoms with Crippen LogP contribution in [0.1, 0.15) is 33.0 Å². The second-order valence-corrected chi connectivity index (χ2v) is 6.13. The van der Waals surface area contributed by atoms with Gasteiger partial charge in [-0.15, -0.1) is 0 Å². The fourth-order valence-corrected chi connectivity index (χ4v) is 2.36. The monoisotopic (exact) mass is 409 g/mol. The van der Waals surface area contributed by atoms with E-state index >= 15 is 0 Å². The van der Waals surface area contributed by atoms with E-state index in [-0.39, 0.29) is 23.6 Å². The third kappa shape index (κ3) is 5.31. The van der Waals surface area contributed by atoms with Gasteiger partial charge in [-0.05, 0) is 31.0 Å². The number of aromatic nitrogens is 2. The largest absolute Gasteiger partial charge is 0.478 e. The Bertz CT molecular complexity index is 767. The van der Waals surface area contributed by atoms with E-state index in [0.29, 0.717) is 23.0 Å². The number of aromatic carboxylic acids is 1. The lowest BCUT2D eigenvalue weighted by Crippen LogP contribution is -2.17. The standard InChI is InChI=1S/C16H16BrN3O5/c17-9-1-4-13(12(5-9)16(24)25)20-15(23)14-7-18-10(6-19-14)2-3-11(22)8-21/h1,4-7,11,21-22H,2-3,8H2,(H,20,23)(H,24,25)/t11-/m0/s1. The summed E-state index contributed by atoms with van der Waals surface area (Å²) in [6.45, 7) is -0.326. The van der Waals surface area contributed by atoms with Gasteiger partial charge in [-0.3, -0.25) is 9.78 Å². The van der Waals surface area contributed by atoms with Gasteiger partial charge in [0.25, 0.3) is 5.91 Å². The summed E-state index contributed by atoms with van der Waals surface area (Å²) >= 11 is 3.18. The van der Waals surface area contributed by atoms with Gasteiger partial charge < -0.3 is 20.6 Å². The highest BCUT2D eigenvalue weighted by atomic mass is 79.9. The zero-order valence-electron chi connectivity index (χ0n) is 13.0. The zero-order chi connectivity index (χ0) is 18.4. The van der Waals surface area contributed by atoms with Gasteiger partial charge >= 0.3 is 5.97 Å². The zero-order valence-corrected chi connectivity index (χ0v) is 14.6. The lowest BCUT2D eigenvalue weighted by atomic mass is 10.1. The van der Waals surface area contributed by atoms with Crippen molar-refractivity contribution in [1.29, 1.82) is 0 Å². The molecule has 0 fully saturated rings. The van der Waals surface area contributed by atoms with Crippen LogP contribution in [0.5, 0.6) is 0 Å². The smallest absolute Gasteiger partial charge is 0.337 e. The first-order chi connectivity index (χ1) is 11.9. The minimum Gasteiger partial charge on any atom is -0.478 e. The number of nitrogens with one attached hydrogen (secondary N) is 1. The van der Waals surface area contributed by atoms with Gasteiger partial charge in [0.2, 0.25) is 0 Å². The molecule has 0 saturated carbocycles. The number of hydrogen-bond donors (Lipinski definition) is 4. The normalized spacial score (nSPS) is 11.8. The first-order valence-corrected chi connectivity index (χ1v) is 8.14. The highest BCUT2D eigenvalue weighted by molar-refractivity contribution is 9.10. The number of carboxylic acids is 1. The molecule has 4 N–H and O–H groups in total. The Balaban J connectivity index is 2.08. The van der Waals surface area contributed by atoms with Crippen LogP contribution in [-0.4, -0.2) is 49.9 Å². The molecule has 0 bridgehead atoms. The van der Waals surface area contributed by atoms with Crippen LogP contribution in [0.25, 0.3) is 0 Å². The van der Waals surface area contributed by atoms with E-state index in [0.717, 1.165) is 0 Å². The van der Waals surface area contributed by atoms with Crippen molar-refractivity contribution in [3.63, 3.8) is 0 Å². The Labute approximate surface area is 151 Å². The molecule has 8 nitrogen and oxygen atoms in total. The molecule has 0 saturated heterocycles. The number of benzene rings is 1. The average Bonchev–Trinajstić information content (AvgIpc) is 2.61. The summed E-state index contributed by atoms with van der Waals surface area (Å²) < 4.78 is 0.581. The van der Waals surface area contributed by atoms with Crippen molar-refractivity contribution < 1.29 is 24.9 Å². The molecular weight excluding hydrogens is 394 g/mol. The SMILES string of the molecule is O=C(Nc1ccc(Br)cc1C(=O)O)c1cnc(CC[C@H](O)CO)cn1. The molecule has 0 unspecified atom stereocenters. The molecule has 25 heavy (non-hydrogen) atoms. The topological polar surface area (TPSA) is 133 Å². The number of hydrogen-bond acceptors (Lipinski definition) is 6. The van der Waals surface area contributed by atoms with Gasteiger partial charge in [-0.25, -0.2) is 9.78 Å². The van der Waals surface area contributed by atoms with E-state index in [9.17, 15) is 19.8 Å². The minimum atomic E-state index is -1.17. The molecular formula is C16H16BrN3O5. The number of nitrogens with zero attached hydrogens (tertiary/aromatic N) is 2. The maximum atomic E-state index is 12.2. The Kier molecular flexibility index (Phi) is 6.57. The maximum absolute atomic E-state index is 12.2. The first kappa shape index (κ1) is 19.0. The number of aryl methyl sites for hydroxylation is 1. The summed E-state index contributed by atoms with van der Waals surface area (Å²) in [4.78, 5) is 31.5. The Morgan fingerprint density at radius 3 is 2.60 bits per heavy atom. The molecule has 0 aliphatic carbocycles. The van der Waals surface area contributed by atoms with Crippen molar-refractivity contribution in [2.75, 3.05) is 11.9 Å². The second kappa shape index (κ2) is 8.65. The molecule has 2 rings (SSSR count). The van der Waals surface area contributed by atoms with Crippen LogP contribution < -0.4 is 5.32 Å². The van der Waals surface area contributed by atoms with Gasteiger partial charge in [-0.2, -0.15) is 0 Å². The molecule has 1 aromatic carbocycles. The van der Waals surface area contributed by atoms with Crippen LogP contribution in [0.15, 0.2) is 35.1 Å². The van der Waals surface area contributed by atoms with E-state index in [1.54, 1.807) is 6.07 Å². The maximum Gasteiger partial charge on any atom is 0.337 e. The lowest BCUT2D eigenvalue weighted by molar-refractivity contribution is 0.0698. The van der Waals surface area contributed by atoms with E-state index in [1.807, 2.05) is 0 Å². The summed E-state index contributed by atoms with van der Waals surface area (Å²) in [5, 5.41) is 29.8. The van der Waals surface area contributed by atoms with E-state index in [1.165, 1.54) is 24.5 Å². The third-order valence-corrected chi connectivity index (χ3v) is 3.84. The molecule has 1 heterocycles. The van der Waals surface area contributed by atoms with Crippen molar-refractivity contribution in [2.45, 2.75) is 18.9 Å².